The van der Waals surface area contributed by atoms with E-state index in [1.165, 1.54) is 0 Å². The van der Waals surface area contributed by atoms with Gasteiger partial charge in [0.15, 0.2) is 5.78 Å². The van der Waals surface area contributed by atoms with E-state index >= 15 is 0 Å². The van der Waals surface area contributed by atoms with Crippen LogP contribution in [0.4, 0.5) is 0 Å². The Morgan fingerprint density at radius 1 is 1.36 bits per heavy atom. The number of aromatic nitrogens is 1. The van der Waals surface area contributed by atoms with Crippen LogP contribution in [0.15, 0.2) is 30.7 Å². The molecule has 0 fully saturated rings. The summed E-state index contributed by atoms with van der Waals surface area (Å²) >= 11 is 0. The van der Waals surface area contributed by atoms with Crippen molar-refractivity contribution in [2.24, 2.45) is 0 Å². The summed E-state index contributed by atoms with van der Waals surface area (Å²) in [5.41, 5.74) is 0.718. The van der Waals surface area contributed by atoms with Gasteiger partial charge in [0.2, 0.25) is 0 Å². The van der Waals surface area contributed by atoms with Gasteiger partial charge in [-0.15, -0.1) is 0 Å². The summed E-state index contributed by atoms with van der Waals surface area (Å²) < 4.78 is 1.81. The highest BCUT2D eigenvalue weighted by Gasteiger charge is 2.14. The quantitative estimate of drug-likeness (QED) is 0.627. The van der Waals surface area contributed by atoms with Crippen LogP contribution in [0.2, 0.25) is 0 Å². The zero-order chi connectivity index (χ0) is 7.68. The molecule has 1 aromatic rings. The molecule has 0 spiro atoms. The Hall–Kier alpha value is -1.51. The van der Waals surface area contributed by atoms with E-state index in [1.807, 2.05) is 29.1 Å². The Morgan fingerprint density at radius 3 is 2.64 bits per heavy atom. The molecule has 0 aliphatic carbocycles. The maximum atomic E-state index is 11.1. The minimum absolute atomic E-state index is 0.140. The summed E-state index contributed by atoms with van der Waals surface area (Å²) in [6.07, 6.45) is 5.45. The summed E-state index contributed by atoms with van der Waals surface area (Å²) in [4.78, 5) is 11.1. The predicted octanol–water partition coefficient (Wildman–Crippen LogP) is 0.459. The number of hydrogen-bond acceptors (Lipinski definition) is 2. The molecule has 0 aromatic carbocycles. The molecule has 3 heteroatoms. The summed E-state index contributed by atoms with van der Waals surface area (Å²) in [6.45, 7) is 0.424. The first-order valence-corrected chi connectivity index (χ1v) is 3.48. The molecule has 3 nitrogen and oxygen atoms in total. The molecule has 0 unspecified atom stereocenters. The van der Waals surface area contributed by atoms with E-state index < -0.39 is 0 Å². The van der Waals surface area contributed by atoms with E-state index in [0.29, 0.717) is 6.54 Å². The fraction of sp³-hybridized carbons (Fsp3) is 0.125. The molecule has 56 valence electrons. The van der Waals surface area contributed by atoms with Gasteiger partial charge in [-0.3, -0.25) is 4.79 Å². The lowest BCUT2D eigenvalue weighted by atomic mass is 10.3. The lowest BCUT2D eigenvalue weighted by Crippen LogP contribution is -2.10. The minimum atomic E-state index is 0.140. The van der Waals surface area contributed by atoms with Gasteiger partial charge in [-0.2, -0.15) is 0 Å². The molecule has 1 aliphatic heterocycles. The van der Waals surface area contributed by atoms with Crippen molar-refractivity contribution in [3.63, 3.8) is 0 Å². The van der Waals surface area contributed by atoms with Gasteiger partial charge >= 0.3 is 0 Å². The van der Waals surface area contributed by atoms with Crippen molar-refractivity contribution in [3.8, 4) is 0 Å². The van der Waals surface area contributed by atoms with E-state index in [2.05, 4.69) is 5.32 Å². The van der Waals surface area contributed by atoms with Gasteiger partial charge in [-0.1, -0.05) is 0 Å². The second-order valence-electron chi connectivity index (χ2n) is 2.42. The Morgan fingerprint density at radius 2 is 2.09 bits per heavy atom. The molecule has 0 saturated heterocycles. The summed E-state index contributed by atoms with van der Waals surface area (Å²) in [5, 5.41) is 2.88. The van der Waals surface area contributed by atoms with E-state index in [9.17, 15) is 4.79 Å². The van der Waals surface area contributed by atoms with Crippen molar-refractivity contribution in [2.75, 3.05) is 6.54 Å². The topological polar surface area (TPSA) is 34.0 Å². The number of hydrogen-bond donors (Lipinski definition) is 1. The van der Waals surface area contributed by atoms with Gasteiger partial charge in [0.25, 0.3) is 0 Å². The number of carbonyl (C=O) groups is 1. The zero-order valence-corrected chi connectivity index (χ0v) is 5.95. The van der Waals surface area contributed by atoms with Gasteiger partial charge in [-0.05, 0) is 12.1 Å². The maximum absolute atomic E-state index is 11.1. The number of nitrogens with one attached hydrogen (secondary N) is 1. The van der Waals surface area contributed by atoms with Crippen molar-refractivity contribution in [3.05, 3.63) is 30.7 Å². The van der Waals surface area contributed by atoms with Crippen LogP contribution in [-0.2, 0) is 4.79 Å². The molecule has 0 radical (unpaired) electrons. The van der Waals surface area contributed by atoms with E-state index in [1.54, 1.807) is 6.20 Å². The Labute approximate surface area is 64.3 Å². The maximum Gasteiger partial charge on any atom is 0.199 e. The van der Waals surface area contributed by atoms with Crippen molar-refractivity contribution in [1.29, 1.82) is 0 Å². The molecule has 0 saturated carbocycles. The number of ketones is 1. The van der Waals surface area contributed by atoms with Crippen molar-refractivity contribution >= 4 is 11.5 Å². The molecule has 0 bridgehead atoms. The van der Waals surface area contributed by atoms with Crippen LogP contribution >= 0.6 is 0 Å². The van der Waals surface area contributed by atoms with E-state index in [0.717, 1.165) is 5.70 Å². The second-order valence-corrected chi connectivity index (χ2v) is 2.42. The minimum Gasteiger partial charge on any atom is -0.382 e. The van der Waals surface area contributed by atoms with Crippen LogP contribution < -0.4 is 5.32 Å². The summed E-state index contributed by atoms with van der Waals surface area (Å²) in [6, 6.07) is 3.79. The van der Waals surface area contributed by atoms with Crippen LogP contribution in [0.25, 0.3) is 5.70 Å². The SMILES string of the molecule is O=C1CNC=C1n1cccc1. The standard InChI is InChI=1S/C8H8N2O/c11-8-6-9-5-7(8)10-3-1-2-4-10/h1-5,9H,6H2. The molecule has 0 atom stereocenters. The largest absolute Gasteiger partial charge is 0.382 e. The highest BCUT2D eigenvalue weighted by molar-refractivity contribution is 6.17. The van der Waals surface area contributed by atoms with Crippen LogP contribution in [0.5, 0.6) is 0 Å². The van der Waals surface area contributed by atoms with Gasteiger partial charge < -0.3 is 9.88 Å². The van der Waals surface area contributed by atoms with Crippen LogP contribution in [0, 0.1) is 0 Å². The average Bonchev–Trinajstić information content (AvgIpc) is 2.55. The molecular formula is C8H8N2O. The van der Waals surface area contributed by atoms with E-state index in [-0.39, 0.29) is 5.78 Å². The molecule has 1 N–H and O–H groups in total. The molecular weight excluding hydrogens is 140 g/mol. The highest BCUT2D eigenvalue weighted by atomic mass is 16.1. The fourth-order valence-electron chi connectivity index (χ4n) is 1.13. The van der Waals surface area contributed by atoms with Crippen LogP contribution in [-0.4, -0.2) is 16.9 Å². The predicted molar refractivity (Wildman–Crippen MR) is 41.7 cm³/mol. The smallest absolute Gasteiger partial charge is 0.199 e. The van der Waals surface area contributed by atoms with Gasteiger partial charge in [0.1, 0.15) is 5.70 Å². The highest BCUT2D eigenvalue weighted by Crippen LogP contribution is 2.08. The third-order valence-corrected chi connectivity index (χ3v) is 1.67. The lowest BCUT2D eigenvalue weighted by molar-refractivity contribution is -0.112. The van der Waals surface area contributed by atoms with Gasteiger partial charge in [0.05, 0.1) is 6.54 Å². The molecule has 2 rings (SSSR count). The Kier molecular flexibility index (Phi) is 1.28. The van der Waals surface area contributed by atoms with Crippen LogP contribution in [0.3, 0.4) is 0 Å². The summed E-state index contributed by atoms with van der Waals surface area (Å²) in [7, 11) is 0. The first kappa shape index (κ1) is 6.22. The van der Waals surface area contributed by atoms with Crippen LogP contribution in [0.1, 0.15) is 0 Å². The molecule has 11 heavy (non-hydrogen) atoms. The Balaban J connectivity index is 2.37. The molecule has 1 aromatic heterocycles. The normalized spacial score (nSPS) is 16.4. The number of carbonyl (C=O) groups excluding carboxylic acids is 1. The monoisotopic (exact) mass is 148 g/mol. The second kappa shape index (κ2) is 2.27. The molecule has 2 heterocycles. The van der Waals surface area contributed by atoms with Gasteiger partial charge in [-0.25, -0.2) is 0 Å². The Bertz CT molecular complexity index is 298. The van der Waals surface area contributed by atoms with Gasteiger partial charge in [0, 0.05) is 18.6 Å². The average molecular weight is 148 g/mol. The third-order valence-electron chi connectivity index (χ3n) is 1.67. The zero-order valence-electron chi connectivity index (χ0n) is 5.95. The number of Topliss-reactive ketones (excluding diaryl/α,β-unsaturated/α-hetero) is 1. The first-order chi connectivity index (χ1) is 5.38. The lowest BCUT2D eigenvalue weighted by Gasteiger charge is -1.98. The third kappa shape index (κ3) is 0.941. The van der Waals surface area contributed by atoms with Crippen molar-refractivity contribution in [2.45, 2.75) is 0 Å². The molecule has 1 aliphatic rings. The van der Waals surface area contributed by atoms with E-state index in [4.69, 9.17) is 0 Å². The molecule has 0 amide bonds. The number of nitrogens with zero attached hydrogens (tertiary/aromatic N) is 1. The first-order valence-electron chi connectivity index (χ1n) is 3.48. The van der Waals surface area contributed by atoms with Crippen molar-refractivity contribution < 1.29 is 4.79 Å². The summed E-state index contributed by atoms with van der Waals surface area (Å²) in [5.74, 6) is 0.140. The fourth-order valence-corrected chi connectivity index (χ4v) is 1.13. The van der Waals surface area contributed by atoms with Crippen molar-refractivity contribution in [1.82, 2.24) is 9.88 Å². The number of rotatable bonds is 1.